The summed E-state index contributed by atoms with van der Waals surface area (Å²) in [6.07, 6.45) is 1.94. The van der Waals surface area contributed by atoms with Crippen LogP contribution < -0.4 is 0 Å². The van der Waals surface area contributed by atoms with E-state index in [9.17, 15) is 9.35 Å². The molecule has 1 heterocycles. The van der Waals surface area contributed by atoms with Gasteiger partial charge in [0.15, 0.2) is 11.5 Å². The zero-order chi connectivity index (χ0) is 9.68. The second kappa shape index (κ2) is 5.09. The summed E-state index contributed by atoms with van der Waals surface area (Å²) in [5.74, 6) is 1.62. The number of carbonyl (C=O) groups excluding carboxylic acids is 1. The minimum atomic E-state index is -0.985. The van der Waals surface area contributed by atoms with Gasteiger partial charge in [-0.25, -0.2) is 0 Å². The summed E-state index contributed by atoms with van der Waals surface area (Å²) in [6.45, 7) is 1.50. The van der Waals surface area contributed by atoms with Crippen LogP contribution in [0.2, 0.25) is 0 Å². The lowest BCUT2D eigenvalue weighted by molar-refractivity contribution is -0.116. The van der Waals surface area contributed by atoms with Gasteiger partial charge in [0.2, 0.25) is 0 Å². The highest BCUT2D eigenvalue weighted by Gasteiger charge is 2.10. The van der Waals surface area contributed by atoms with E-state index in [2.05, 4.69) is 0 Å². The fourth-order valence-corrected chi connectivity index (χ4v) is 2.02. The van der Waals surface area contributed by atoms with Crippen molar-refractivity contribution in [3.63, 3.8) is 0 Å². The molecular weight excluding hydrogens is 188 g/mol. The predicted octanol–water partition coefficient (Wildman–Crippen LogP) is 1.51. The molecule has 1 aromatic rings. The summed E-state index contributed by atoms with van der Waals surface area (Å²) in [5.41, 5.74) is 0. The lowest BCUT2D eigenvalue weighted by atomic mass is 10.4. The number of hydrogen-bond acceptors (Lipinski definition) is 3. The second-order valence-corrected chi connectivity index (χ2v) is 4.40. The lowest BCUT2D eigenvalue weighted by Gasteiger charge is -2.07. The van der Waals surface area contributed by atoms with Gasteiger partial charge in [-0.05, 0) is 30.2 Å². The van der Waals surface area contributed by atoms with Gasteiger partial charge in [-0.15, -0.1) is 0 Å². The van der Waals surface area contributed by atoms with Crippen molar-refractivity contribution < 1.29 is 13.8 Å². The van der Waals surface area contributed by atoms with Crippen molar-refractivity contribution in [1.29, 1.82) is 0 Å². The Morgan fingerprint density at radius 2 is 2.46 bits per heavy atom. The van der Waals surface area contributed by atoms with Crippen LogP contribution in [0.4, 0.5) is 0 Å². The molecule has 0 aliphatic rings. The van der Waals surface area contributed by atoms with E-state index in [1.54, 1.807) is 18.4 Å². The molecule has 0 fully saturated rings. The van der Waals surface area contributed by atoms with Crippen LogP contribution in [0.5, 0.6) is 0 Å². The molecule has 1 unspecified atom stereocenters. The second-order valence-electron chi connectivity index (χ2n) is 2.82. The van der Waals surface area contributed by atoms with E-state index in [4.69, 9.17) is 4.42 Å². The maximum Gasteiger partial charge on any atom is 0.162 e. The van der Waals surface area contributed by atoms with E-state index in [-0.39, 0.29) is 5.78 Å². The molecule has 1 atom stereocenters. The van der Waals surface area contributed by atoms with E-state index in [0.717, 1.165) is 0 Å². The molecule has 0 radical (unpaired) electrons. The van der Waals surface area contributed by atoms with Crippen LogP contribution in [0.25, 0.3) is 0 Å². The largest absolute Gasteiger partial charge is 0.616 e. The summed E-state index contributed by atoms with van der Waals surface area (Å²) in [6, 6.07) is 3.54. The van der Waals surface area contributed by atoms with Crippen molar-refractivity contribution in [3.05, 3.63) is 24.2 Å². The summed E-state index contributed by atoms with van der Waals surface area (Å²) in [7, 11) is 0. The van der Waals surface area contributed by atoms with Crippen molar-refractivity contribution in [1.82, 2.24) is 0 Å². The molecule has 0 aliphatic carbocycles. The van der Waals surface area contributed by atoms with Crippen LogP contribution in [0.3, 0.4) is 0 Å². The Kier molecular flexibility index (Phi) is 4.05. The van der Waals surface area contributed by atoms with Crippen molar-refractivity contribution >= 4 is 17.0 Å². The Labute approximate surface area is 80.3 Å². The lowest BCUT2D eigenvalue weighted by Crippen LogP contribution is -2.11. The van der Waals surface area contributed by atoms with E-state index >= 15 is 0 Å². The molecule has 4 heteroatoms. The molecule has 1 aromatic heterocycles. The van der Waals surface area contributed by atoms with Crippen molar-refractivity contribution in [2.45, 2.75) is 19.1 Å². The van der Waals surface area contributed by atoms with Gasteiger partial charge in [-0.3, -0.25) is 4.79 Å². The van der Waals surface area contributed by atoms with Gasteiger partial charge in [-0.1, -0.05) is 0 Å². The highest BCUT2D eigenvalue weighted by atomic mass is 32.2. The van der Waals surface area contributed by atoms with Crippen LogP contribution in [-0.2, 0) is 21.7 Å². The molecule has 1 rings (SSSR count). The van der Waals surface area contributed by atoms with Gasteiger partial charge in [0.05, 0.1) is 12.7 Å². The van der Waals surface area contributed by atoms with E-state index in [1.165, 1.54) is 6.92 Å². The molecule has 0 saturated carbocycles. The van der Waals surface area contributed by atoms with Gasteiger partial charge in [0, 0.05) is 0 Å². The van der Waals surface area contributed by atoms with Crippen LogP contribution in [0.1, 0.15) is 19.1 Å². The first-order valence-corrected chi connectivity index (χ1v) is 5.54. The molecule has 0 aliphatic heterocycles. The Balaban J connectivity index is 2.25. The third kappa shape index (κ3) is 4.15. The predicted molar refractivity (Wildman–Crippen MR) is 50.7 cm³/mol. The van der Waals surface area contributed by atoms with Crippen LogP contribution in [0.15, 0.2) is 22.8 Å². The number of carbonyl (C=O) groups is 1. The summed E-state index contributed by atoms with van der Waals surface area (Å²) in [5, 5.41) is 0. The first kappa shape index (κ1) is 10.3. The molecule has 3 nitrogen and oxygen atoms in total. The van der Waals surface area contributed by atoms with Crippen molar-refractivity contribution in [2.24, 2.45) is 0 Å². The summed E-state index contributed by atoms with van der Waals surface area (Å²) < 4.78 is 16.3. The van der Waals surface area contributed by atoms with Gasteiger partial charge in [-0.2, -0.15) is 0 Å². The van der Waals surface area contributed by atoms with E-state index in [1.807, 2.05) is 0 Å². The highest BCUT2D eigenvalue weighted by molar-refractivity contribution is 7.90. The maximum absolute atomic E-state index is 11.3. The van der Waals surface area contributed by atoms with E-state index in [0.29, 0.717) is 23.7 Å². The van der Waals surface area contributed by atoms with Gasteiger partial charge in [0.25, 0.3) is 0 Å². The van der Waals surface area contributed by atoms with Crippen LogP contribution in [0, 0.1) is 0 Å². The third-order valence-electron chi connectivity index (χ3n) is 1.57. The number of rotatable bonds is 5. The minimum Gasteiger partial charge on any atom is -0.616 e. The molecule has 0 bridgehead atoms. The molecule has 0 spiro atoms. The van der Waals surface area contributed by atoms with E-state index < -0.39 is 11.2 Å². The molecule has 0 aromatic carbocycles. The minimum absolute atomic E-state index is 0.0767. The molecule has 0 amide bonds. The molecule has 13 heavy (non-hydrogen) atoms. The van der Waals surface area contributed by atoms with Gasteiger partial charge in [0.1, 0.15) is 11.5 Å². The molecular formula is C9H12O3S. The van der Waals surface area contributed by atoms with Crippen LogP contribution in [-0.4, -0.2) is 16.1 Å². The maximum atomic E-state index is 11.3. The Morgan fingerprint density at radius 3 is 3.00 bits per heavy atom. The molecule has 72 valence electrons. The smallest absolute Gasteiger partial charge is 0.162 e. The quantitative estimate of drug-likeness (QED) is 0.677. The Morgan fingerprint density at radius 1 is 1.69 bits per heavy atom. The summed E-state index contributed by atoms with van der Waals surface area (Å²) >= 11 is -0.985. The first-order chi connectivity index (χ1) is 6.18. The van der Waals surface area contributed by atoms with Crippen molar-refractivity contribution in [2.75, 3.05) is 5.75 Å². The topological polar surface area (TPSA) is 53.3 Å². The fourth-order valence-electron chi connectivity index (χ4n) is 0.883. The SMILES string of the molecule is CC(=O)CC[S+]([O-])Cc1ccco1. The summed E-state index contributed by atoms with van der Waals surface area (Å²) in [4.78, 5) is 10.6. The molecule has 0 saturated heterocycles. The van der Waals surface area contributed by atoms with Crippen LogP contribution >= 0.6 is 0 Å². The van der Waals surface area contributed by atoms with Gasteiger partial charge >= 0.3 is 0 Å². The number of furan rings is 1. The number of ketones is 1. The number of Topliss-reactive ketones (excluding diaryl/α,β-unsaturated/α-hetero) is 1. The third-order valence-corrected chi connectivity index (χ3v) is 2.83. The Bertz CT molecular complexity index is 256. The normalized spacial score (nSPS) is 12.8. The average Bonchev–Trinajstić information content (AvgIpc) is 2.53. The zero-order valence-corrected chi connectivity index (χ0v) is 8.30. The fraction of sp³-hybridized carbons (Fsp3) is 0.444. The van der Waals surface area contributed by atoms with Gasteiger partial charge < -0.3 is 8.97 Å². The monoisotopic (exact) mass is 200 g/mol. The first-order valence-electron chi connectivity index (χ1n) is 4.05. The zero-order valence-electron chi connectivity index (χ0n) is 7.49. The highest BCUT2D eigenvalue weighted by Crippen LogP contribution is 2.07. The number of hydrogen-bond donors (Lipinski definition) is 0. The standard InChI is InChI=1S/C9H12O3S/c1-8(10)4-6-13(11)7-9-3-2-5-12-9/h2-3,5H,4,6-7H2,1H3. The average molecular weight is 200 g/mol. The molecule has 0 N–H and O–H groups in total. The van der Waals surface area contributed by atoms with Crippen molar-refractivity contribution in [3.8, 4) is 0 Å². The Hall–Kier alpha value is -0.740.